The standard InChI is InChI=1S/C14H21N3OS/c1-11(2)16-14(18)10-17(9-8-13(15)19)12-6-4-3-5-7-12/h3-7,11H,8-10H2,1-2H3,(H2,15,19)(H,16,18). The van der Waals surface area contributed by atoms with Crippen molar-refractivity contribution in [1.29, 1.82) is 0 Å². The van der Waals surface area contributed by atoms with Crippen molar-refractivity contribution in [1.82, 2.24) is 5.32 Å². The van der Waals surface area contributed by atoms with Gasteiger partial charge < -0.3 is 16.0 Å². The average molecular weight is 279 g/mol. The van der Waals surface area contributed by atoms with E-state index in [0.717, 1.165) is 5.69 Å². The molecule has 0 aromatic heterocycles. The molecule has 19 heavy (non-hydrogen) atoms. The number of hydrogen-bond acceptors (Lipinski definition) is 3. The van der Waals surface area contributed by atoms with E-state index in [4.69, 9.17) is 18.0 Å². The van der Waals surface area contributed by atoms with Crippen LogP contribution in [-0.4, -0.2) is 30.0 Å². The summed E-state index contributed by atoms with van der Waals surface area (Å²) < 4.78 is 0. The molecule has 0 aliphatic heterocycles. The Labute approximate surface area is 120 Å². The number of para-hydroxylation sites is 1. The molecule has 0 spiro atoms. The number of nitrogens with zero attached hydrogens (tertiary/aromatic N) is 1. The van der Waals surface area contributed by atoms with Crippen LogP contribution in [0.5, 0.6) is 0 Å². The normalized spacial score (nSPS) is 10.3. The molecular formula is C14H21N3OS. The summed E-state index contributed by atoms with van der Waals surface area (Å²) in [5.74, 6) is 0.00166. The number of nitrogens with one attached hydrogen (secondary N) is 1. The van der Waals surface area contributed by atoms with Crippen LogP contribution in [-0.2, 0) is 4.79 Å². The fourth-order valence-corrected chi connectivity index (χ4v) is 1.82. The first-order valence-electron chi connectivity index (χ1n) is 6.36. The van der Waals surface area contributed by atoms with Gasteiger partial charge in [0, 0.05) is 24.7 Å². The molecule has 0 bridgehead atoms. The zero-order chi connectivity index (χ0) is 14.3. The monoisotopic (exact) mass is 279 g/mol. The lowest BCUT2D eigenvalue weighted by Gasteiger charge is -2.24. The Hall–Kier alpha value is -1.62. The second kappa shape index (κ2) is 7.74. The lowest BCUT2D eigenvalue weighted by molar-refractivity contribution is -0.120. The van der Waals surface area contributed by atoms with Crippen LogP contribution >= 0.6 is 12.2 Å². The largest absolute Gasteiger partial charge is 0.393 e. The smallest absolute Gasteiger partial charge is 0.239 e. The van der Waals surface area contributed by atoms with Crippen molar-refractivity contribution < 1.29 is 4.79 Å². The molecule has 3 N–H and O–H groups in total. The number of nitrogens with two attached hydrogens (primary N) is 1. The van der Waals surface area contributed by atoms with Crippen LogP contribution in [0.2, 0.25) is 0 Å². The van der Waals surface area contributed by atoms with Crippen LogP contribution in [0.25, 0.3) is 0 Å². The molecule has 1 amide bonds. The van der Waals surface area contributed by atoms with Crippen molar-refractivity contribution in [3.8, 4) is 0 Å². The summed E-state index contributed by atoms with van der Waals surface area (Å²) in [7, 11) is 0. The minimum atomic E-state index is 0.00166. The maximum atomic E-state index is 11.9. The predicted molar refractivity (Wildman–Crippen MR) is 83.3 cm³/mol. The maximum absolute atomic E-state index is 11.9. The minimum absolute atomic E-state index is 0.00166. The molecule has 0 heterocycles. The Bertz CT molecular complexity index is 420. The zero-order valence-corrected chi connectivity index (χ0v) is 12.2. The summed E-state index contributed by atoms with van der Waals surface area (Å²) in [6, 6.07) is 9.93. The Morgan fingerprint density at radius 2 is 2.00 bits per heavy atom. The van der Waals surface area contributed by atoms with E-state index in [1.165, 1.54) is 0 Å². The number of hydrogen-bond donors (Lipinski definition) is 2. The molecule has 0 saturated carbocycles. The van der Waals surface area contributed by atoms with Gasteiger partial charge in [-0.1, -0.05) is 30.4 Å². The van der Waals surface area contributed by atoms with E-state index in [9.17, 15) is 4.79 Å². The average Bonchev–Trinajstić information content (AvgIpc) is 2.34. The third-order valence-corrected chi connectivity index (χ3v) is 2.74. The van der Waals surface area contributed by atoms with E-state index in [-0.39, 0.29) is 11.9 Å². The van der Waals surface area contributed by atoms with Gasteiger partial charge in [-0.05, 0) is 26.0 Å². The molecule has 0 saturated heterocycles. The lowest BCUT2D eigenvalue weighted by atomic mass is 10.2. The molecule has 0 atom stereocenters. The van der Waals surface area contributed by atoms with Gasteiger partial charge in [-0.25, -0.2) is 0 Å². The van der Waals surface area contributed by atoms with Crippen molar-refractivity contribution in [2.24, 2.45) is 5.73 Å². The molecule has 104 valence electrons. The lowest BCUT2D eigenvalue weighted by Crippen LogP contribution is -2.41. The van der Waals surface area contributed by atoms with Gasteiger partial charge in [0.1, 0.15) is 0 Å². The van der Waals surface area contributed by atoms with Crippen LogP contribution in [0.4, 0.5) is 5.69 Å². The predicted octanol–water partition coefficient (Wildman–Crippen LogP) is 1.69. The summed E-state index contributed by atoms with van der Waals surface area (Å²) in [5.41, 5.74) is 6.53. The molecule has 1 rings (SSSR count). The van der Waals surface area contributed by atoms with Crippen molar-refractivity contribution in [2.45, 2.75) is 26.3 Å². The third kappa shape index (κ3) is 6.20. The topological polar surface area (TPSA) is 58.4 Å². The minimum Gasteiger partial charge on any atom is -0.393 e. The Morgan fingerprint density at radius 3 is 2.53 bits per heavy atom. The van der Waals surface area contributed by atoms with Crippen LogP contribution < -0.4 is 16.0 Å². The van der Waals surface area contributed by atoms with Gasteiger partial charge in [-0.15, -0.1) is 0 Å². The van der Waals surface area contributed by atoms with Crippen molar-refractivity contribution in [3.63, 3.8) is 0 Å². The highest BCUT2D eigenvalue weighted by Crippen LogP contribution is 2.13. The van der Waals surface area contributed by atoms with Crippen LogP contribution in [0.1, 0.15) is 20.3 Å². The van der Waals surface area contributed by atoms with Gasteiger partial charge in [0.05, 0.1) is 11.5 Å². The van der Waals surface area contributed by atoms with Crippen molar-refractivity contribution >= 4 is 28.8 Å². The number of rotatable bonds is 7. The van der Waals surface area contributed by atoms with Gasteiger partial charge in [-0.2, -0.15) is 0 Å². The van der Waals surface area contributed by atoms with Gasteiger partial charge in [0.15, 0.2) is 0 Å². The SMILES string of the molecule is CC(C)NC(=O)CN(CCC(N)=S)c1ccccc1. The van der Waals surface area contributed by atoms with E-state index in [2.05, 4.69) is 5.32 Å². The summed E-state index contributed by atoms with van der Waals surface area (Å²) in [6.45, 7) is 4.84. The molecule has 0 radical (unpaired) electrons. The van der Waals surface area contributed by atoms with Crippen LogP contribution in [0.3, 0.4) is 0 Å². The van der Waals surface area contributed by atoms with Gasteiger partial charge in [-0.3, -0.25) is 4.79 Å². The van der Waals surface area contributed by atoms with E-state index >= 15 is 0 Å². The molecule has 1 aromatic rings. The number of carbonyl (C=O) groups excluding carboxylic acids is 1. The highest BCUT2D eigenvalue weighted by atomic mass is 32.1. The maximum Gasteiger partial charge on any atom is 0.239 e. The second-order valence-corrected chi connectivity index (χ2v) is 5.22. The summed E-state index contributed by atoms with van der Waals surface area (Å²) in [4.78, 5) is 14.3. The third-order valence-electron chi connectivity index (χ3n) is 2.53. The zero-order valence-electron chi connectivity index (χ0n) is 11.4. The van der Waals surface area contributed by atoms with E-state index in [0.29, 0.717) is 24.5 Å². The van der Waals surface area contributed by atoms with E-state index in [1.807, 2.05) is 49.1 Å². The number of carbonyl (C=O) groups is 1. The summed E-state index contributed by atoms with van der Waals surface area (Å²) in [6.07, 6.45) is 0.596. The number of thiocarbonyl (C=S) groups is 1. The first-order chi connectivity index (χ1) is 8.99. The van der Waals surface area contributed by atoms with Crippen molar-refractivity contribution in [2.75, 3.05) is 18.0 Å². The van der Waals surface area contributed by atoms with Crippen molar-refractivity contribution in [3.05, 3.63) is 30.3 Å². The highest BCUT2D eigenvalue weighted by Gasteiger charge is 2.12. The summed E-state index contributed by atoms with van der Waals surface area (Å²) in [5, 5.41) is 2.89. The second-order valence-electron chi connectivity index (χ2n) is 4.70. The first-order valence-corrected chi connectivity index (χ1v) is 6.77. The Kier molecular flexibility index (Phi) is 6.29. The molecule has 0 fully saturated rings. The van der Waals surface area contributed by atoms with Gasteiger partial charge >= 0.3 is 0 Å². The number of amides is 1. The Balaban J connectivity index is 2.69. The molecular weight excluding hydrogens is 258 g/mol. The molecule has 0 aliphatic carbocycles. The number of anilines is 1. The van der Waals surface area contributed by atoms with Crippen LogP contribution in [0.15, 0.2) is 30.3 Å². The molecule has 4 nitrogen and oxygen atoms in total. The van der Waals surface area contributed by atoms with Gasteiger partial charge in [0.25, 0.3) is 0 Å². The first kappa shape index (κ1) is 15.4. The Morgan fingerprint density at radius 1 is 1.37 bits per heavy atom. The number of benzene rings is 1. The van der Waals surface area contributed by atoms with Gasteiger partial charge in [0.2, 0.25) is 5.91 Å². The molecule has 5 heteroatoms. The molecule has 0 aliphatic rings. The molecule has 0 unspecified atom stereocenters. The highest BCUT2D eigenvalue weighted by molar-refractivity contribution is 7.80. The van der Waals surface area contributed by atoms with E-state index in [1.54, 1.807) is 0 Å². The quantitative estimate of drug-likeness (QED) is 0.746. The molecule has 1 aromatic carbocycles. The fourth-order valence-electron chi connectivity index (χ4n) is 1.72. The van der Waals surface area contributed by atoms with Crippen LogP contribution in [0, 0.1) is 0 Å². The fraction of sp³-hybridized carbons (Fsp3) is 0.429. The summed E-state index contributed by atoms with van der Waals surface area (Å²) >= 11 is 4.90. The van der Waals surface area contributed by atoms with E-state index < -0.39 is 0 Å².